The Morgan fingerprint density at radius 2 is 1.55 bits per heavy atom. The minimum atomic E-state index is -0.932. The molecule has 0 aromatic heterocycles. The van der Waals surface area contributed by atoms with Crippen molar-refractivity contribution in [3.8, 4) is 0 Å². The highest BCUT2D eigenvalue weighted by Gasteiger charge is 2.19. The molecule has 0 heterocycles. The molecular formula is C13H17N3O6. The van der Waals surface area contributed by atoms with Gasteiger partial charge in [0.25, 0.3) is 5.69 Å². The van der Waals surface area contributed by atoms with Gasteiger partial charge in [0.05, 0.1) is 18.1 Å². The first-order chi connectivity index (χ1) is 10.5. The summed E-state index contributed by atoms with van der Waals surface area (Å²) in [5.41, 5.74) is 0.335. The highest BCUT2D eigenvalue weighted by atomic mass is 16.6. The molecule has 120 valence electrons. The lowest BCUT2D eigenvalue weighted by Gasteiger charge is -2.19. The van der Waals surface area contributed by atoms with Crippen molar-refractivity contribution in [2.45, 2.75) is 20.0 Å². The van der Waals surface area contributed by atoms with Gasteiger partial charge in [0.1, 0.15) is 6.17 Å². The lowest BCUT2D eigenvalue weighted by molar-refractivity contribution is -0.384. The SMILES string of the molecule is CCOC(=O)NC(NC(=O)OCC)c1ccc([N+](=O)[O-])cc1. The number of rotatable bonds is 6. The fourth-order valence-corrected chi connectivity index (χ4v) is 1.57. The van der Waals surface area contributed by atoms with Gasteiger partial charge < -0.3 is 9.47 Å². The first kappa shape index (κ1) is 17.2. The molecule has 0 saturated carbocycles. The summed E-state index contributed by atoms with van der Waals surface area (Å²) in [7, 11) is 0. The molecule has 0 atom stereocenters. The van der Waals surface area contributed by atoms with Crippen molar-refractivity contribution in [2.24, 2.45) is 0 Å². The van der Waals surface area contributed by atoms with E-state index in [0.717, 1.165) is 0 Å². The lowest BCUT2D eigenvalue weighted by atomic mass is 10.1. The lowest BCUT2D eigenvalue weighted by Crippen LogP contribution is -2.41. The summed E-state index contributed by atoms with van der Waals surface area (Å²) >= 11 is 0. The third-order valence-corrected chi connectivity index (χ3v) is 2.51. The third-order valence-electron chi connectivity index (χ3n) is 2.51. The van der Waals surface area contributed by atoms with Crippen molar-refractivity contribution in [1.82, 2.24) is 10.6 Å². The van der Waals surface area contributed by atoms with E-state index in [0.29, 0.717) is 5.56 Å². The van der Waals surface area contributed by atoms with E-state index in [-0.39, 0.29) is 18.9 Å². The van der Waals surface area contributed by atoms with Crippen LogP contribution in [0.3, 0.4) is 0 Å². The number of amides is 2. The fourth-order valence-electron chi connectivity index (χ4n) is 1.57. The van der Waals surface area contributed by atoms with E-state index < -0.39 is 23.3 Å². The van der Waals surface area contributed by atoms with E-state index in [4.69, 9.17) is 9.47 Å². The predicted molar refractivity (Wildman–Crippen MR) is 76.2 cm³/mol. The molecule has 2 amide bonds. The van der Waals surface area contributed by atoms with Crippen LogP contribution in [0.25, 0.3) is 0 Å². The molecule has 0 aliphatic heterocycles. The molecule has 22 heavy (non-hydrogen) atoms. The Balaban J connectivity index is 2.89. The number of hydrogen-bond acceptors (Lipinski definition) is 6. The van der Waals surface area contributed by atoms with E-state index in [1.165, 1.54) is 24.3 Å². The standard InChI is InChI=1S/C13H17N3O6/c1-3-21-12(17)14-11(15-13(18)22-4-2)9-5-7-10(8-6-9)16(19)20/h5-8,11H,3-4H2,1-2H3,(H,14,17)(H,15,18). The van der Waals surface area contributed by atoms with Gasteiger partial charge in [-0.05, 0) is 31.5 Å². The molecule has 0 aliphatic rings. The Morgan fingerprint density at radius 3 is 1.91 bits per heavy atom. The Morgan fingerprint density at radius 1 is 1.09 bits per heavy atom. The van der Waals surface area contributed by atoms with Crippen molar-refractivity contribution in [3.63, 3.8) is 0 Å². The summed E-state index contributed by atoms with van der Waals surface area (Å²) in [4.78, 5) is 33.1. The van der Waals surface area contributed by atoms with Crippen LogP contribution in [-0.2, 0) is 9.47 Å². The molecule has 1 aromatic carbocycles. The highest BCUT2D eigenvalue weighted by Crippen LogP contribution is 2.16. The monoisotopic (exact) mass is 311 g/mol. The van der Waals surface area contributed by atoms with Crippen LogP contribution in [0.4, 0.5) is 15.3 Å². The molecule has 0 fully saturated rings. The fraction of sp³-hybridized carbons (Fsp3) is 0.385. The topological polar surface area (TPSA) is 120 Å². The Kier molecular flexibility index (Phi) is 6.61. The number of nitro benzene ring substituents is 1. The number of alkyl carbamates (subject to hydrolysis) is 2. The molecule has 9 heteroatoms. The summed E-state index contributed by atoms with van der Waals surface area (Å²) in [6.45, 7) is 3.61. The van der Waals surface area contributed by atoms with Crippen LogP contribution in [0.1, 0.15) is 25.6 Å². The molecule has 0 aliphatic carbocycles. The van der Waals surface area contributed by atoms with Crippen molar-refractivity contribution in [1.29, 1.82) is 0 Å². The predicted octanol–water partition coefficient (Wildman–Crippen LogP) is 2.09. The maximum Gasteiger partial charge on any atom is 0.409 e. The molecule has 1 aromatic rings. The van der Waals surface area contributed by atoms with Gasteiger partial charge in [-0.1, -0.05) is 0 Å². The number of non-ortho nitro benzene ring substituents is 1. The average Bonchev–Trinajstić information content (AvgIpc) is 2.47. The van der Waals surface area contributed by atoms with Crippen LogP contribution in [0, 0.1) is 10.1 Å². The van der Waals surface area contributed by atoms with Crippen LogP contribution >= 0.6 is 0 Å². The van der Waals surface area contributed by atoms with Crippen LogP contribution in [0.2, 0.25) is 0 Å². The van der Waals surface area contributed by atoms with E-state index >= 15 is 0 Å². The molecule has 2 N–H and O–H groups in total. The number of hydrogen-bond donors (Lipinski definition) is 2. The molecule has 0 spiro atoms. The number of ether oxygens (including phenoxy) is 2. The Hall–Kier alpha value is -2.84. The Bertz CT molecular complexity index is 511. The van der Waals surface area contributed by atoms with E-state index in [1.54, 1.807) is 13.8 Å². The zero-order valence-corrected chi connectivity index (χ0v) is 12.2. The van der Waals surface area contributed by atoms with Crippen LogP contribution in [0.15, 0.2) is 24.3 Å². The zero-order valence-electron chi connectivity index (χ0n) is 12.2. The third kappa shape index (κ3) is 5.27. The summed E-state index contributed by atoms with van der Waals surface area (Å²) in [5.74, 6) is 0. The number of nitro groups is 1. The summed E-state index contributed by atoms with van der Waals surface area (Å²) in [6, 6.07) is 5.37. The van der Waals surface area contributed by atoms with Crippen molar-refractivity contribution < 1.29 is 24.0 Å². The van der Waals surface area contributed by atoms with Gasteiger partial charge in [-0.15, -0.1) is 0 Å². The number of carbonyl (C=O) groups is 2. The van der Waals surface area contributed by atoms with Crippen LogP contribution in [0.5, 0.6) is 0 Å². The molecule has 0 unspecified atom stereocenters. The normalized spacial score (nSPS) is 9.95. The molecule has 0 bridgehead atoms. The maximum absolute atomic E-state index is 11.5. The van der Waals surface area contributed by atoms with E-state index in [2.05, 4.69) is 10.6 Å². The summed E-state index contributed by atoms with van der Waals surface area (Å²) < 4.78 is 9.49. The average molecular weight is 311 g/mol. The van der Waals surface area contributed by atoms with Gasteiger partial charge in [0, 0.05) is 12.1 Å². The quantitative estimate of drug-likeness (QED) is 0.471. The molecule has 9 nitrogen and oxygen atoms in total. The molecule has 0 radical (unpaired) electrons. The minimum Gasteiger partial charge on any atom is -0.450 e. The van der Waals surface area contributed by atoms with Gasteiger partial charge in [0.2, 0.25) is 0 Å². The second-order valence-corrected chi connectivity index (χ2v) is 4.01. The summed E-state index contributed by atoms with van der Waals surface area (Å²) in [5, 5.41) is 15.5. The maximum atomic E-state index is 11.5. The molecule has 0 saturated heterocycles. The van der Waals surface area contributed by atoms with Gasteiger partial charge in [0.15, 0.2) is 0 Å². The van der Waals surface area contributed by atoms with Gasteiger partial charge in [-0.3, -0.25) is 20.7 Å². The highest BCUT2D eigenvalue weighted by molar-refractivity contribution is 5.71. The van der Waals surface area contributed by atoms with Gasteiger partial charge >= 0.3 is 12.2 Å². The van der Waals surface area contributed by atoms with E-state index in [9.17, 15) is 19.7 Å². The number of carbonyl (C=O) groups excluding carboxylic acids is 2. The van der Waals surface area contributed by atoms with Crippen molar-refractivity contribution in [2.75, 3.05) is 13.2 Å². The smallest absolute Gasteiger partial charge is 0.409 e. The first-order valence-electron chi connectivity index (χ1n) is 6.58. The molecular weight excluding hydrogens is 294 g/mol. The van der Waals surface area contributed by atoms with Gasteiger partial charge in [-0.2, -0.15) is 0 Å². The van der Waals surface area contributed by atoms with Crippen molar-refractivity contribution >= 4 is 17.9 Å². The minimum absolute atomic E-state index is 0.102. The number of nitrogens with one attached hydrogen (secondary N) is 2. The number of benzene rings is 1. The van der Waals surface area contributed by atoms with Crippen molar-refractivity contribution in [3.05, 3.63) is 39.9 Å². The van der Waals surface area contributed by atoms with Crippen LogP contribution in [-0.4, -0.2) is 30.3 Å². The zero-order chi connectivity index (χ0) is 16.5. The van der Waals surface area contributed by atoms with Gasteiger partial charge in [-0.25, -0.2) is 9.59 Å². The molecule has 1 rings (SSSR count). The number of nitrogens with zero attached hydrogens (tertiary/aromatic N) is 1. The second kappa shape index (κ2) is 8.45. The van der Waals surface area contributed by atoms with Crippen LogP contribution < -0.4 is 10.6 Å². The Labute approximate surface area is 126 Å². The van der Waals surface area contributed by atoms with E-state index in [1.807, 2.05) is 0 Å². The largest absolute Gasteiger partial charge is 0.450 e. The first-order valence-corrected chi connectivity index (χ1v) is 6.58. The summed E-state index contributed by atoms with van der Waals surface area (Å²) in [6.07, 6.45) is -2.40. The second-order valence-electron chi connectivity index (χ2n) is 4.01.